The number of carbonyl (C=O) groups is 1. The summed E-state index contributed by atoms with van der Waals surface area (Å²) in [6.45, 7) is 8.57. The Balaban J connectivity index is 0.00000364. The van der Waals surface area contributed by atoms with E-state index in [1.807, 2.05) is 14.0 Å². The largest absolute Gasteiger partial charge is 0.466 e. The van der Waals surface area contributed by atoms with E-state index in [1.54, 1.807) is 0 Å². The zero-order valence-electron chi connectivity index (χ0n) is 17.3. The van der Waals surface area contributed by atoms with Crippen LogP contribution in [0.25, 0.3) is 0 Å². The monoisotopic (exact) mass is 495 g/mol. The highest BCUT2D eigenvalue weighted by atomic mass is 127. The number of ether oxygens (including phenoxy) is 2. The summed E-state index contributed by atoms with van der Waals surface area (Å²) in [4.78, 5) is 18.8. The highest BCUT2D eigenvalue weighted by Gasteiger charge is 2.34. The number of carbonyl (C=O) groups excluding carboxylic acids is 1. The van der Waals surface area contributed by atoms with Gasteiger partial charge in [-0.3, -0.25) is 9.79 Å². The van der Waals surface area contributed by atoms with Crippen LogP contribution in [0, 0.1) is 11.3 Å². The molecular weight excluding hydrogens is 457 g/mol. The first-order valence-electron chi connectivity index (χ1n) is 10.3. The summed E-state index contributed by atoms with van der Waals surface area (Å²) in [5.74, 6) is 0.805. The molecule has 0 aromatic carbocycles. The van der Waals surface area contributed by atoms with Gasteiger partial charge < -0.3 is 19.7 Å². The van der Waals surface area contributed by atoms with E-state index in [-0.39, 0.29) is 35.9 Å². The summed E-state index contributed by atoms with van der Waals surface area (Å²) in [5.41, 5.74) is 0.321. The zero-order chi connectivity index (χ0) is 18.8. The van der Waals surface area contributed by atoms with Crippen molar-refractivity contribution in [3.05, 3.63) is 0 Å². The molecular formula is C20H38IN3O3. The molecule has 0 bridgehead atoms. The third-order valence-corrected chi connectivity index (χ3v) is 5.82. The van der Waals surface area contributed by atoms with Gasteiger partial charge in [0.05, 0.1) is 12.5 Å². The predicted octanol–water partition coefficient (Wildman–Crippen LogP) is 3.44. The van der Waals surface area contributed by atoms with E-state index in [2.05, 4.69) is 22.1 Å². The third kappa shape index (κ3) is 7.40. The molecule has 158 valence electrons. The molecule has 0 radical (unpaired) electrons. The fourth-order valence-corrected chi connectivity index (χ4v) is 4.29. The number of nitrogens with one attached hydrogen (secondary N) is 1. The van der Waals surface area contributed by atoms with Crippen LogP contribution >= 0.6 is 24.0 Å². The molecule has 7 heteroatoms. The van der Waals surface area contributed by atoms with Crippen LogP contribution in [-0.2, 0) is 14.3 Å². The second kappa shape index (κ2) is 12.8. The van der Waals surface area contributed by atoms with Gasteiger partial charge in [-0.2, -0.15) is 0 Å². The van der Waals surface area contributed by atoms with Crippen LogP contribution in [0.3, 0.4) is 0 Å². The molecule has 0 amide bonds. The molecule has 1 atom stereocenters. The smallest absolute Gasteiger partial charge is 0.310 e. The number of esters is 1. The van der Waals surface area contributed by atoms with Crippen molar-refractivity contribution in [2.45, 2.75) is 58.8 Å². The van der Waals surface area contributed by atoms with Crippen molar-refractivity contribution in [2.24, 2.45) is 16.3 Å². The van der Waals surface area contributed by atoms with Gasteiger partial charge in [0.2, 0.25) is 0 Å². The highest BCUT2D eigenvalue weighted by Crippen LogP contribution is 2.40. The van der Waals surface area contributed by atoms with Gasteiger partial charge in [-0.25, -0.2) is 0 Å². The Morgan fingerprint density at radius 2 is 1.96 bits per heavy atom. The number of hydrogen-bond donors (Lipinski definition) is 1. The Bertz CT molecular complexity index is 467. The van der Waals surface area contributed by atoms with E-state index in [4.69, 9.17) is 9.47 Å². The standard InChI is InChI=1S/C20H37N3O3.HI/c1-4-25-14-12-20(10-6-7-11-20)16-22-19(21-3)23-13-8-9-17(15-23)18(24)26-5-2;/h17H,4-16H2,1-3H3,(H,21,22);1H/t17-;/m1./s1. The molecule has 2 fully saturated rings. The summed E-state index contributed by atoms with van der Waals surface area (Å²) < 4.78 is 10.8. The van der Waals surface area contributed by atoms with Crippen LogP contribution < -0.4 is 5.32 Å². The summed E-state index contributed by atoms with van der Waals surface area (Å²) in [7, 11) is 1.83. The first kappa shape index (κ1) is 24.5. The van der Waals surface area contributed by atoms with Gasteiger partial charge in [0.25, 0.3) is 0 Å². The summed E-state index contributed by atoms with van der Waals surface area (Å²) in [6.07, 6.45) is 8.15. The first-order chi connectivity index (χ1) is 12.6. The molecule has 1 heterocycles. The van der Waals surface area contributed by atoms with Crippen LogP contribution in [0.5, 0.6) is 0 Å². The summed E-state index contributed by atoms with van der Waals surface area (Å²) >= 11 is 0. The molecule has 1 saturated carbocycles. The van der Waals surface area contributed by atoms with Gasteiger partial charge in [0.15, 0.2) is 5.96 Å². The molecule has 2 aliphatic rings. The van der Waals surface area contributed by atoms with Crippen LogP contribution in [0.15, 0.2) is 4.99 Å². The van der Waals surface area contributed by atoms with Gasteiger partial charge >= 0.3 is 5.97 Å². The molecule has 1 aliphatic heterocycles. The van der Waals surface area contributed by atoms with E-state index >= 15 is 0 Å². The molecule has 6 nitrogen and oxygen atoms in total. The van der Waals surface area contributed by atoms with Crippen molar-refractivity contribution >= 4 is 35.9 Å². The molecule has 0 unspecified atom stereocenters. The van der Waals surface area contributed by atoms with Gasteiger partial charge in [-0.15, -0.1) is 24.0 Å². The number of piperidine rings is 1. The van der Waals surface area contributed by atoms with Crippen LogP contribution in [0.4, 0.5) is 0 Å². The Labute approximate surface area is 181 Å². The van der Waals surface area contributed by atoms with Crippen LogP contribution in [-0.4, -0.2) is 63.3 Å². The molecule has 1 aliphatic carbocycles. The van der Waals surface area contributed by atoms with Crippen molar-refractivity contribution in [1.29, 1.82) is 0 Å². The van der Waals surface area contributed by atoms with Crippen molar-refractivity contribution in [2.75, 3.05) is 46.5 Å². The Morgan fingerprint density at radius 3 is 2.59 bits per heavy atom. The van der Waals surface area contributed by atoms with Gasteiger partial charge in [0, 0.05) is 39.9 Å². The lowest BCUT2D eigenvalue weighted by Gasteiger charge is -2.36. The summed E-state index contributed by atoms with van der Waals surface area (Å²) in [6, 6.07) is 0. The highest BCUT2D eigenvalue weighted by molar-refractivity contribution is 14.0. The third-order valence-electron chi connectivity index (χ3n) is 5.82. The van der Waals surface area contributed by atoms with E-state index < -0.39 is 0 Å². The fourth-order valence-electron chi connectivity index (χ4n) is 4.29. The van der Waals surface area contributed by atoms with E-state index in [0.29, 0.717) is 18.6 Å². The average Bonchev–Trinajstić information content (AvgIpc) is 3.12. The van der Waals surface area contributed by atoms with Crippen molar-refractivity contribution < 1.29 is 14.3 Å². The van der Waals surface area contributed by atoms with Gasteiger partial charge in [-0.05, 0) is 51.4 Å². The molecule has 1 saturated heterocycles. The normalized spacial score (nSPS) is 22.3. The maximum Gasteiger partial charge on any atom is 0.310 e. The Hall–Kier alpha value is -0.570. The number of halogens is 1. The quantitative estimate of drug-likeness (QED) is 0.184. The minimum absolute atomic E-state index is 0. The zero-order valence-corrected chi connectivity index (χ0v) is 19.6. The molecule has 0 spiro atoms. The molecule has 1 N–H and O–H groups in total. The predicted molar refractivity (Wildman–Crippen MR) is 120 cm³/mol. The van der Waals surface area contributed by atoms with E-state index in [9.17, 15) is 4.79 Å². The van der Waals surface area contributed by atoms with Crippen LogP contribution in [0.1, 0.15) is 58.8 Å². The minimum atomic E-state index is -0.0726. The SMILES string of the molecule is CCOCCC1(CNC(=NC)N2CCC[C@@H](C(=O)OCC)C2)CCCC1.I. The molecule has 0 aromatic rings. The van der Waals surface area contributed by atoms with Crippen LogP contribution in [0.2, 0.25) is 0 Å². The number of aliphatic imine (C=N–C) groups is 1. The van der Waals surface area contributed by atoms with E-state index in [0.717, 1.165) is 51.5 Å². The van der Waals surface area contributed by atoms with E-state index in [1.165, 1.54) is 25.7 Å². The number of guanidine groups is 1. The molecule has 2 rings (SSSR count). The maximum atomic E-state index is 12.1. The lowest BCUT2D eigenvalue weighted by atomic mass is 9.83. The van der Waals surface area contributed by atoms with Gasteiger partial charge in [-0.1, -0.05) is 12.8 Å². The van der Waals surface area contributed by atoms with Crippen molar-refractivity contribution in [3.8, 4) is 0 Å². The molecule has 0 aromatic heterocycles. The second-order valence-electron chi connectivity index (χ2n) is 7.59. The lowest BCUT2D eigenvalue weighted by molar-refractivity contribution is -0.149. The fraction of sp³-hybridized carbons (Fsp3) is 0.900. The Morgan fingerprint density at radius 1 is 1.22 bits per heavy atom. The minimum Gasteiger partial charge on any atom is -0.466 e. The van der Waals surface area contributed by atoms with Crippen molar-refractivity contribution in [3.63, 3.8) is 0 Å². The van der Waals surface area contributed by atoms with Gasteiger partial charge in [0.1, 0.15) is 0 Å². The first-order valence-corrected chi connectivity index (χ1v) is 10.3. The Kier molecular flexibility index (Phi) is 11.6. The second-order valence-corrected chi connectivity index (χ2v) is 7.59. The number of nitrogens with zero attached hydrogens (tertiary/aromatic N) is 2. The average molecular weight is 495 g/mol. The molecule has 27 heavy (non-hydrogen) atoms. The number of hydrogen-bond acceptors (Lipinski definition) is 4. The summed E-state index contributed by atoms with van der Waals surface area (Å²) in [5, 5.41) is 3.61. The topological polar surface area (TPSA) is 63.2 Å². The number of likely N-dealkylation sites (tertiary alicyclic amines) is 1. The lowest BCUT2D eigenvalue weighted by Crippen LogP contribution is -2.50. The maximum absolute atomic E-state index is 12.1. The number of rotatable bonds is 8. The van der Waals surface area contributed by atoms with Crippen molar-refractivity contribution in [1.82, 2.24) is 10.2 Å².